The fraction of sp³-hybridized carbons (Fsp3) is 0.333. The Bertz CT molecular complexity index is 1350. The Balaban J connectivity index is 1.40. The van der Waals surface area contributed by atoms with Gasteiger partial charge < -0.3 is 14.6 Å². The SMILES string of the molecule is C=CCn1c(=NC(=O)CSCC(=O)Nc2sc3c(c2C(=O)OC)CCC3)sc2cc(C)ccc21. The molecule has 3 aromatic rings. The standard InChI is InChI=1S/C24H25N3O4S3/c1-4-10-27-16-9-8-14(2)11-18(16)34-24(27)26-20(29)13-32-12-19(28)25-22-21(23(30)31-3)15-6-5-7-17(15)33-22/h4,8-9,11H,1,5-7,10,12-13H2,2-3H3,(H,25,28). The molecule has 4 rings (SSSR count). The van der Waals surface area contributed by atoms with E-state index in [1.54, 1.807) is 6.08 Å². The summed E-state index contributed by atoms with van der Waals surface area (Å²) in [7, 11) is 1.34. The molecule has 34 heavy (non-hydrogen) atoms. The molecule has 0 bridgehead atoms. The first kappa shape index (κ1) is 24.4. The molecule has 0 saturated carbocycles. The van der Waals surface area contributed by atoms with E-state index < -0.39 is 5.97 Å². The number of thioether (sulfide) groups is 1. The van der Waals surface area contributed by atoms with Gasteiger partial charge in [-0.05, 0) is 49.4 Å². The number of thiophene rings is 1. The Morgan fingerprint density at radius 1 is 1.26 bits per heavy atom. The van der Waals surface area contributed by atoms with Gasteiger partial charge in [0, 0.05) is 11.4 Å². The third-order valence-electron chi connectivity index (χ3n) is 5.39. The number of rotatable bonds is 8. The van der Waals surface area contributed by atoms with Crippen LogP contribution in [0.1, 0.15) is 32.8 Å². The lowest BCUT2D eigenvalue weighted by atomic mass is 10.1. The molecule has 178 valence electrons. The zero-order valence-electron chi connectivity index (χ0n) is 19.0. The van der Waals surface area contributed by atoms with Crippen molar-refractivity contribution in [1.82, 2.24) is 4.57 Å². The van der Waals surface area contributed by atoms with Crippen molar-refractivity contribution in [3.63, 3.8) is 0 Å². The first-order valence-electron chi connectivity index (χ1n) is 10.8. The lowest BCUT2D eigenvalue weighted by Crippen LogP contribution is -2.19. The lowest BCUT2D eigenvalue weighted by molar-refractivity contribution is -0.115. The summed E-state index contributed by atoms with van der Waals surface area (Å²) in [5.74, 6) is -0.823. The van der Waals surface area contributed by atoms with Gasteiger partial charge in [-0.3, -0.25) is 9.59 Å². The number of esters is 1. The van der Waals surface area contributed by atoms with Crippen molar-refractivity contribution >= 4 is 67.4 Å². The first-order valence-corrected chi connectivity index (χ1v) is 13.6. The average molecular weight is 516 g/mol. The number of aryl methyl sites for hydroxylation is 2. The number of nitrogens with zero attached hydrogens (tertiary/aromatic N) is 2. The van der Waals surface area contributed by atoms with Crippen molar-refractivity contribution in [2.24, 2.45) is 4.99 Å². The van der Waals surface area contributed by atoms with Crippen LogP contribution in [0.5, 0.6) is 0 Å². The highest BCUT2D eigenvalue weighted by Gasteiger charge is 2.28. The van der Waals surface area contributed by atoms with Crippen LogP contribution in [0.15, 0.2) is 35.8 Å². The number of carbonyl (C=O) groups is 3. The summed E-state index contributed by atoms with van der Waals surface area (Å²) in [4.78, 5) is 43.3. The molecule has 2 aromatic heterocycles. The van der Waals surface area contributed by atoms with E-state index in [1.807, 2.05) is 23.6 Å². The van der Waals surface area contributed by atoms with E-state index in [4.69, 9.17) is 4.74 Å². The molecule has 1 aromatic carbocycles. The van der Waals surface area contributed by atoms with E-state index in [0.717, 1.165) is 45.5 Å². The molecule has 0 fully saturated rings. The number of fused-ring (bicyclic) bond motifs is 2. The van der Waals surface area contributed by atoms with Gasteiger partial charge in [0.2, 0.25) is 5.91 Å². The van der Waals surface area contributed by atoms with Crippen molar-refractivity contribution in [3.05, 3.63) is 57.2 Å². The summed E-state index contributed by atoms with van der Waals surface area (Å²) in [5.41, 5.74) is 3.61. The van der Waals surface area contributed by atoms with Crippen LogP contribution in [0.2, 0.25) is 0 Å². The van der Waals surface area contributed by atoms with E-state index in [0.29, 0.717) is 21.9 Å². The van der Waals surface area contributed by atoms with Crippen molar-refractivity contribution in [3.8, 4) is 0 Å². The summed E-state index contributed by atoms with van der Waals surface area (Å²) in [6.45, 7) is 6.38. The van der Waals surface area contributed by atoms with Crippen molar-refractivity contribution < 1.29 is 19.1 Å². The second-order valence-corrected chi connectivity index (χ2v) is 11.0. The molecule has 7 nitrogen and oxygen atoms in total. The largest absolute Gasteiger partial charge is 0.465 e. The monoisotopic (exact) mass is 515 g/mol. The van der Waals surface area contributed by atoms with Gasteiger partial charge in [0.1, 0.15) is 5.00 Å². The van der Waals surface area contributed by atoms with Crippen LogP contribution in [0.25, 0.3) is 10.2 Å². The molecule has 0 aliphatic heterocycles. The maximum atomic E-state index is 12.5. The van der Waals surface area contributed by atoms with Gasteiger partial charge in [-0.15, -0.1) is 29.7 Å². The zero-order valence-corrected chi connectivity index (χ0v) is 21.5. The van der Waals surface area contributed by atoms with Crippen LogP contribution >= 0.6 is 34.4 Å². The molecule has 0 unspecified atom stereocenters. The second-order valence-electron chi connectivity index (χ2n) is 7.85. The molecule has 2 amide bonds. The summed E-state index contributed by atoms with van der Waals surface area (Å²) in [6.07, 6.45) is 4.51. The van der Waals surface area contributed by atoms with Gasteiger partial charge in [0.15, 0.2) is 4.80 Å². The number of nitrogens with one attached hydrogen (secondary N) is 1. The number of methoxy groups -OCH3 is 1. The number of carbonyl (C=O) groups excluding carboxylic acids is 3. The predicted molar refractivity (Wildman–Crippen MR) is 139 cm³/mol. The normalized spacial score (nSPS) is 13.2. The summed E-state index contributed by atoms with van der Waals surface area (Å²) in [6, 6.07) is 6.13. The fourth-order valence-electron chi connectivity index (χ4n) is 3.91. The number of hydrogen-bond acceptors (Lipinski definition) is 7. The molecule has 10 heteroatoms. The number of anilines is 1. The molecule has 2 heterocycles. The van der Waals surface area contributed by atoms with Crippen LogP contribution in [-0.2, 0) is 33.7 Å². The smallest absolute Gasteiger partial charge is 0.341 e. The predicted octanol–water partition coefficient (Wildman–Crippen LogP) is 4.33. The van der Waals surface area contributed by atoms with Crippen molar-refractivity contribution in [2.75, 3.05) is 23.9 Å². The van der Waals surface area contributed by atoms with Crippen LogP contribution < -0.4 is 10.1 Å². The maximum Gasteiger partial charge on any atom is 0.341 e. The molecular weight excluding hydrogens is 490 g/mol. The molecule has 1 aliphatic carbocycles. The Hall–Kier alpha value is -2.69. The average Bonchev–Trinajstić information content (AvgIpc) is 3.46. The summed E-state index contributed by atoms with van der Waals surface area (Å²) >= 11 is 4.09. The number of hydrogen-bond donors (Lipinski definition) is 1. The lowest BCUT2D eigenvalue weighted by Gasteiger charge is -2.06. The number of allylic oxidation sites excluding steroid dienone is 1. The van der Waals surface area contributed by atoms with Crippen LogP contribution in [-0.4, -0.2) is 41.0 Å². The highest BCUT2D eigenvalue weighted by Crippen LogP contribution is 2.39. The highest BCUT2D eigenvalue weighted by atomic mass is 32.2. The Labute approximate surface area is 209 Å². The van der Waals surface area contributed by atoms with Crippen LogP contribution in [0.3, 0.4) is 0 Å². The number of amides is 2. The topological polar surface area (TPSA) is 89.8 Å². The molecule has 1 N–H and O–H groups in total. The minimum absolute atomic E-state index is 0.0829. The number of thiazole rings is 1. The maximum absolute atomic E-state index is 12.5. The van der Waals surface area contributed by atoms with E-state index in [-0.39, 0.29) is 23.3 Å². The molecule has 0 radical (unpaired) electrons. The fourth-order valence-corrected chi connectivity index (χ4v) is 6.96. The van der Waals surface area contributed by atoms with E-state index >= 15 is 0 Å². The van der Waals surface area contributed by atoms with E-state index in [1.165, 1.54) is 41.5 Å². The van der Waals surface area contributed by atoms with Crippen molar-refractivity contribution in [1.29, 1.82) is 0 Å². The molecule has 0 saturated heterocycles. The van der Waals surface area contributed by atoms with E-state index in [9.17, 15) is 14.4 Å². The minimum Gasteiger partial charge on any atom is -0.465 e. The molecule has 1 aliphatic rings. The third-order valence-corrected chi connectivity index (χ3v) is 8.56. The van der Waals surface area contributed by atoms with Gasteiger partial charge in [-0.2, -0.15) is 4.99 Å². The zero-order chi connectivity index (χ0) is 24.2. The molecule has 0 atom stereocenters. The Kier molecular flexibility index (Phi) is 7.70. The Morgan fingerprint density at radius 2 is 2.09 bits per heavy atom. The van der Waals surface area contributed by atoms with Gasteiger partial charge >= 0.3 is 5.97 Å². The molecule has 0 spiro atoms. The summed E-state index contributed by atoms with van der Waals surface area (Å²) in [5, 5.41) is 3.36. The number of benzene rings is 1. The van der Waals surface area contributed by atoms with Crippen LogP contribution in [0, 0.1) is 6.92 Å². The molecular formula is C24H25N3O4S3. The quantitative estimate of drug-likeness (QED) is 0.356. The Morgan fingerprint density at radius 3 is 2.85 bits per heavy atom. The minimum atomic E-state index is -0.428. The number of aromatic nitrogens is 1. The van der Waals surface area contributed by atoms with Crippen LogP contribution in [0.4, 0.5) is 5.00 Å². The second kappa shape index (κ2) is 10.7. The van der Waals surface area contributed by atoms with E-state index in [2.05, 4.69) is 23.0 Å². The summed E-state index contributed by atoms with van der Waals surface area (Å²) < 4.78 is 7.94. The highest BCUT2D eigenvalue weighted by molar-refractivity contribution is 8.00. The first-order chi connectivity index (χ1) is 16.4. The number of ether oxygens (including phenoxy) is 1. The van der Waals surface area contributed by atoms with Gasteiger partial charge in [-0.1, -0.05) is 23.5 Å². The van der Waals surface area contributed by atoms with Gasteiger partial charge in [0.05, 0.1) is 34.4 Å². The van der Waals surface area contributed by atoms with Gasteiger partial charge in [0.25, 0.3) is 5.91 Å². The third kappa shape index (κ3) is 5.18. The van der Waals surface area contributed by atoms with Crippen molar-refractivity contribution in [2.45, 2.75) is 32.7 Å². The van der Waals surface area contributed by atoms with Gasteiger partial charge in [-0.25, -0.2) is 4.79 Å².